The van der Waals surface area contributed by atoms with E-state index in [-0.39, 0.29) is 98.1 Å². The molecule has 0 spiro atoms. The quantitative estimate of drug-likeness (QED) is 0.0571. The van der Waals surface area contributed by atoms with E-state index < -0.39 is 77.5 Å². The molecule has 12 rings (SSSR count). The monoisotopic (exact) mass is 1180 g/mol. The summed E-state index contributed by atoms with van der Waals surface area (Å²) in [5.41, 5.74) is 6.84. The van der Waals surface area contributed by atoms with Crippen molar-refractivity contribution >= 4 is 55.0 Å². The van der Waals surface area contributed by atoms with Crippen LogP contribution in [0.4, 0.5) is 32.8 Å². The number of halogens is 5. The molecule has 6 N–H and O–H groups in total. The van der Waals surface area contributed by atoms with Crippen molar-refractivity contribution in [1.29, 1.82) is 5.26 Å². The summed E-state index contributed by atoms with van der Waals surface area (Å²) in [4.78, 5) is 45.6. The zero-order chi connectivity index (χ0) is 59.4. The molecule has 8 aromatic rings. The van der Waals surface area contributed by atoms with Crippen LogP contribution in [0.15, 0.2) is 91.3 Å². The van der Waals surface area contributed by atoms with E-state index in [1.807, 2.05) is 11.0 Å². The first-order valence-electron chi connectivity index (χ1n) is 27.8. The van der Waals surface area contributed by atoms with E-state index in [0.29, 0.717) is 67.1 Å². The van der Waals surface area contributed by atoms with Gasteiger partial charge in [0, 0.05) is 84.6 Å². The number of pyridine rings is 1. The molecular formula is C60H57F5N12O7S. The number of alkyl halides is 3. The number of carbonyl (C=O) groups excluding carboxylic acids is 2. The SMILES string of the molecule is CC(C)[C@@H](C(=O)N1C[C@H](O)C[C@H]1C(=O)N[C@@H](CO)c1ccc(-c2ncccc2F)cc1)n1cc(-c2ccc(COc3c(-c4ccc(F)c5sc(N)c(C#N)c45)c(C(F)(F)F)cc4c(N5C[C@@H]6C[C@H]5CN6)nc(OC5CCOCC5)nc34)cc2)nn1. The summed E-state index contributed by atoms with van der Waals surface area (Å²) in [5, 5.41) is 46.5. The van der Waals surface area contributed by atoms with Crippen molar-refractivity contribution in [1.82, 2.24) is 45.5 Å². The minimum atomic E-state index is -5.04. The molecule has 2 amide bonds. The second-order valence-electron chi connectivity index (χ2n) is 22.0. The molecule has 2 bridgehead atoms. The van der Waals surface area contributed by atoms with Crippen LogP contribution in [0, 0.1) is 28.9 Å². The van der Waals surface area contributed by atoms with Gasteiger partial charge in [-0.1, -0.05) is 73.7 Å². The number of rotatable bonds is 16. The number of aliphatic hydroxyl groups excluding tert-OH is 2. The second kappa shape index (κ2) is 23.2. The van der Waals surface area contributed by atoms with Crippen molar-refractivity contribution in [3.05, 3.63) is 125 Å². The summed E-state index contributed by atoms with van der Waals surface area (Å²) in [6, 6.07) is 18.2. The van der Waals surface area contributed by atoms with E-state index in [0.717, 1.165) is 29.9 Å². The van der Waals surface area contributed by atoms with E-state index >= 15 is 17.6 Å². The average Bonchev–Trinajstić information content (AvgIpc) is 1.87. The summed E-state index contributed by atoms with van der Waals surface area (Å²) >= 11 is 0.754. The number of aliphatic hydroxyl groups is 2. The predicted octanol–water partition coefficient (Wildman–Crippen LogP) is 8.28. The van der Waals surface area contributed by atoms with Crippen LogP contribution in [0.2, 0.25) is 0 Å². The topological polar surface area (TPSA) is 252 Å². The van der Waals surface area contributed by atoms with Crippen molar-refractivity contribution in [2.45, 2.75) is 94.7 Å². The lowest BCUT2D eigenvalue weighted by Crippen LogP contribution is -2.50. The number of nitrogens with two attached hydrogens (primary N) is 1. The molecule has 4 aliphatic heterocycles. The molecule has 4 aromatic carbocycles. The number of piperazine rings is 1. The summed E-state index contributed by atoms with van der Waals surface area (Å²) in [5.74, 6) is -2.85. The van der Waals surface area contributed by atoms with Gasteiger partial charge in [-0.05, 0) is 53.3 Å². The Morgan fingerprint density at radius 2 is 1.76 bits per heavy atom. The number of carbonyl (C=O) groups is 2. The first-order valence-corrected chi connectivity index (χ1v) is 28.6. The number of nitrogens with zero attached hydrogens (tertiary/aromatic N) is 9. The van der Waals surface area contributed by atoms with Crippen LogP contribution in [-0.4, -0.2) is 127 Å². The number of nitrogens with one attached hydrogen (secondary N) is 2. The number of benzene rings is 4. The van der Waals surface area contributed by atoms with Gasteiger partial charge in [-0.2, -0.15) is 28.4 Å². The van der Waals surface area contributed by atoms with Gasteiger partial charge in [-0.15, -0.1) is 16.4 Å². The third-order valence-electron chi connectivity index (χ3n) is 16.2. The number of anilines is 2. The Kier molecular flexibility index (Phi) is 15.6. The second-order valence-corrected chi connectivity index (χ2v) is 23.1. The Hall–Kier alpha value is -8.41. The molecule has 8 heterocycles. The van der Waals surface area contributed by atoms with Crippen LogP contribution in [-0.2, 0) is 27.1 Å². The summed E-state index contributed by atoms with van der Waals surface area (Å²) in [6.45, 7) is 4.56. The van der Waals surface area contributed by atoms with Crippen LogP contribution >= 0.6 is 11.3 Å². The van der Waals surface area contributed by atoms with E-state index in [1.54, 1.807) is 68.6 Å². The van der Waals surface area contributed by atoms with Crippen molar-refractivity contribution in [3.8, 4) is 51.5 Å². The van der Waals surface area contributed by atoms with E-state index in [9.17, 15) is 29.5 Å². The number of aromatic nitrogens is 6. The minimum absolute atomic E-state index is 0.00000716. The number of nitriles is 1. The first-order chi connectivity index (χ1) is 41.0. The minimum Gasteiger partial charge on any atom is -0.486 e. The first kappa shape index (κ1) is 57.0. The number of likely N-dealkylation sites (tertiary alicyclic amines) is 1. The fourth-order valence-electron chi connectivity index (χ4n) is 12.0. The highest BCUT2D eigenvalue weighted by Crippen LogP contribution is 2.52. The number of hydrogen-bond donors (Lipinski definition) is 5. The number of hydrogen-bond acceptors (Lipinski definition) is 17. The van der Waals surface area contributed by atoms with Gasteiger partial charge in [0.15, 0.2) is 5.75 Å². The third kappa shape index (κ3) is 11.0. The van der Waals surface area contributed by atoms with Crippen molar-refractivity contribution in [2.24, 2.45) is 5.92 Å². The zero-order valence-electron chi connectivity index (χ0n) is 45.9. The molecule has 25 heteroatoms. The van der Waals surface area contributed by atoms with E-state index in [2.05, 4.69) is 25.9 Å². The van der Waals surface area contributed by atoms with Crippen LogP contribution in [0.25, 0.3) is 54.6 Å². The highest BCUT2D eigenvalue weighted by molar-refractivity contribution is 7.23. The van der Waals surface area contributed by atoms with Crippen LogP contribution in [0.1, 0.15) is 73.9 Å². The molecule has 19 nitrogen and oxygen atoms in total. The van der Waals surface area contributed by atoms with Crippen molar-refractivity contribution < 1.29 is 56.0 Å². The molecule has 0 unspecified atom stereocenters. The van der Waals surface area contributed by atoms with Crippen LogP contribution < -0.4 is 30.7 Å². The van der Waals surface area contributed by atoms with Crippen molar-refractivity contribution in [2.75, 3.05) is 50.1 Å². The van der Waals surface area contributed by atoms with Gasteiger partial charge < -0.3 is 50.6 Å². The van der Waals surface area contributed by atoms with Gasteiger partial charge in [0.05, 0.1) is 54.0 Å². The fourth-order valence-corrected chi connectivity index (χ4v) is 13.0. The zero-order valence-corrected chi connectivity index (χ0v) is 46.7. The maximum Gasteiger partial charge on any atom is 0.417 e. The van der Waals surface area contributed by atoms with Gasteiger partial charge in [-0.25, -0.2) is 13.5 Å². The van der Waals surface area contributed by atoms with E-state index in [1.165, 1.54) is 34.0 Å². The van der Waals surface area contributed by atoms with E-state index in [4.69, 9.17) is 29.9 Å². The average molecular weight is 1190 g/mol. The van der Waals surface area contributed by atoms with Gasteiger partial charge >= 0.3 is 12.2 Å². The number of nitrogen functional groups attached to an aromatic ring is 1. The lowest BCUT2D eigenvalue weighted by molar-refractivity contribution is -0.142. The van der Waals surface area contributed by atoms with Crippen LogP contribution in [0.5, 0.6) is 11.8 Å². The highest BCUT2D eigenvalue weighted by atomic mass is 32.1. The normalized spacial score (nSPS) is 19.7. The van der Waals surface area contributed by atoms with Gasteiger partial charge in [0.25, 0.3) is 0 Å². The maximum absolute atomic E-state index is 16.0. The van der Waals surface area contributed by atoms with Crippen molar-refractivity contribution in [3.63, 3.8) is 0 Å². The Labute approximate surface area is 487 Å². The summed E-state index contributed by atoms with van der Waals surface area (Å²) < 4.78 is 97.9. The van der Waals surface area contributed by atoms with Gasteiger partial charge in [-0.3, -0.25) is 14.6 Å². The number of β-amino-alcohol motifs (C(OH)–C–C–N with tert-alkyl or cyclic N) is 1. The number of fused-ring (bicyclic) bond motifs is 4. The number of ether oxygens (including phenoxy) is 3. The van der Waals surface area contributed by atoms with Gasteiger partial charge in [0.2, 0.25) is 11.8 Å². The molecule has 0 saturated carbocycles. The third-order valence-corrected chi connectivity index (χ3v) is 17.2. The summed E-state index contributed by atoms with van der Waals surface area (Å²) in [6.07, 6.45) is -1.63. The molecule has 4 saturated heterocycles. The molecule has 85 heavy (non-hydrogen) atoms. The Morgan fingerprint density at radius 3 is 2.45 bits per heavy atom. The number of thiophene rings is 1. The lowest BCUT2D eigenvalue weighted by Gasteiger charge is -2.31. The molecule has 0 radical (unpaired) electrons. The number of amides is 2. The highest BCUT2D eigenvalue weighted by Gasteiger charge is 2.45. The van der Waals surface area contributed by atoms with Crippen LogP contribution in [0.3, 0.4) is 0 Å². The summed E-state index contributed by atoms with van der Waals surface area (Å²) in [7, 11) is 0. The lowest BCUT2D eigenvalue weighted by atomic mass is 9.92. The molecule has 0 aliphatic carbocycles. The largest absolute Gasteiger partial charge is 0.486 e. The van der Waals surface area contributed by atoms with Gasteiger partial charge in [0.1, 0.15) is 70.2 Å². The fraction of sp³-hybridized carbons (Fsp3) is 0.367. The smallest absolute Gasteiger partial charge is 0.417 e. The standard InChI is InChI=1S/C60H57F5N12O7S/c1-30(2)52(58(81)76-26-37(79)21-47(76)57(80)70-46(28-78)33-9-11-34(12-10-33)50-43(61)4-3-17-68-50)77-27-45(73-74-77)32-7-5-31(6-8-32)29-83-53-49(39-13-14-44(62)54-48(39)41(23-66)55(67)85-54)42(60(63,64)65)22-40-51(53)71-59(84-38-15-18-82-19-16-38)72-56(40)75-25-35-20-36(75)24-69-35/h3-14,17,22,27,30,35-38,46-47,52,69,78-79H,15-16,18-21,24-26,28-29,67H2,1-2H3,(H,70,80)/t35-,36-,37+,46-,47-,52-/m0/s1. The molecule has 6 atom stereocenters. The molecular weight excluding hydrogens is 1130 g/mol. The molecule has 4 aliphatic rings. The molecule has 4 fully saturated rings. The Balaban J connectivity index is 0.844. The predicted molar refractivity (Wildman–Crippen MR) is 304 cm³/mol. The Bertz CT molecular complexity index is 3890. The maximum atomic E-state index is 16.0. The molecule has 4 aromatic heterocycles. The Morgan fingerprint density at radius 1 is 1.00 bits per heavy atom. The molecule has 440 valence electrons.